The Hall–Kier alpha value is -1.38. The van der Waals surface area contributed by atoms with Gasteiger partial charge in [-0.1, -0.05) is 35.9 Å². The van der Waals surface area contributed by atoms with E-state index < -0.39 is 5.60 Å². The number of hydrogen-bond acceptors (Lipinski definition) is 1. The lowest BCUT2D eigenvalue weighted by Crippen LogP contribution is -2.30. The minimum atomic E-state index is -0.915. The lowest BCUT2D eigenvalue weighted by atomic mass is 9.90. The molecule has 2 aromatic rings. The van der Waals surface area contributed by atoms with E-state index in [-0.39, 0.29) is 5.82 Å². The molecule has 0 amide bonds. The average molecular weight is 279 g/mol. The molecule has 2 rings (SSSR count). The molecule has 0 fully saturated rings. The van der Waals surface area contributed by atoms with E-state index in [0.717, 1.165) is 11.1 Å². The largest absolute Gasteiger partial charge is 0.389 e. The van der Waals surface area contributed by atoms with E-state index in [0.29, 0.717) is 17.9 Å². The molecule has 0 saturated heterocycles. The topological polar surface area (TPSA) is 20.2 Å². The molecule has 1 N–H and O–H groups in total. The molecule has 100 valence electrons. The molecule has 0 heterocycles. The first kappa shape index (κ1) is 14.0. The normalized spacial score (nSPS) is 14.1. The van der Waals surface area contributed by atoms with E-state index >= 15 is 0 Å². The smallest absolute Gasteiger partial charge is 0.123 e. The maximum atomic E-state index is 13.1. The Labute approximate surface area is 117 Å². The van der Waals surface area contributed by atoms with Crippen molar-refractivity contribution >= 4 is 11.6 Å². The molecule has 0 spiro atoms. The van der Waals surface area contributed by atoms with E-state index in [1.807, 2.05) is 18.2 Å². The molecule has 0 saturated carbocycles. The van der Waals surface area contributed by atoms with Gasteiger partial charge in [0.15, 0.2) is 0 Å². The highest BCUT2D eigenvalue weighted by molar-refractivity contribution is 6.30. The Bertz CT molecular complexity index is 549. The number of benzene rings is 2. The Morgan fingerprint density at radius 1 is 1.05 bits per heavy atom. The lowest BCUT2D eigenvalue weighted by molar-refractivity contribution is 0.0608. The summed E-state index contributed by atoms with van der Waals surface area (Å²) < 4.78 is 13.1. The van der Waals surface area contributed by atoms with Crippen molar-refractivity contribution in [1.29, 1.82) is 0 Å². The van der Waals surface area contributed by atoms with E-state index in [4.69, 9.17) is 11.6 Å². The molecule has 19 heavy (non-hydrogen) atoms. The Balaban J connectivity index is 2.07. The molecule has 0 aliphatic rings. The Morgan fingerprint density at radius 3 is 2.32 bits per heavy atom. The van der Waals surface area contributed by atoms with Gasteiger partial charge in [-0.25, -0.2) is 4.39 Å². The summed E-state index contributed by atoms with van der Waals surface area (Å²) in [7, 11) is 0. The summed E-state index contributed by atoms with van der Waals surface area (Å²) >= 11 is 5.83. The second-order valence-corrected chi connectivity index (χ2v) is 5.54. The van der Waals surface area contributed by atoms with Crippen LogP contribution in [0.4, 0.5) is 4.39 Å². The summed E-state index contributed by atoms with van der Waals surface area (Å²) in [6.07, 6.45) is 0.911. The predicted molar refractivity (Wildman–Crippen MR) is 75.9 cm³/mol. The number of rotatable bonds is 4. The number of aliphatic hydroxyl groups is 1. The summed E-state index contributed by atoms with van der Waals surface area (Å²) in [4.78, 5) is 0. The Kier molecular flexibility index (Phi) is 4.23. The van der Waals surface area contributed by atoms with Gasteiger partial charge in [0.1, 0.15) is 5.82 Å². The van der Waals surface area contributed by atoms with Gasteiger partial charge in [-0.05, 0) is 42.3 Å². The minimum Gasteiger partial charge on any atom is -0.389 e. The van der Waals surface area contributed by atoms with Gasteiger partial charge in [0.2, 0.25) is 0 Å². The molecule has 0 radical (unpaired) electrons. The van der Waals surface area contributed by atoms with Crippen molar-refractivity contribution < 1.29 is 9.50 Å². The number of halogens is 2. The molecular weight excluding hydrogens is 263 g/mol. The molecule has 3 heteroatoms. The van der Waals surface area contributed by atoms with Gasteiger partial charge in [0, 0.05) is 17.9 Å². The standard InChI is InChI=1S/C16H16ClFO/c1-16(19,10-12-5-7-14(17)8-6-12)11-13-3-2-4-15(18)9-13/h2-9,19H,10-11H2,1H3. The van der Waals surface area contributed by atoms with Gasteiger partial charge in [-0.2, -0.15) is 0 Å². The van der Waals surface area contributed by atoms with Crippen LogP contribution >= 0.6 is 11.6 Å². The summed E-state index contributed by atoms with van der Waals surface area (Å²) in [6.45, 7) is 1.76. The molecule has 1 unspecified atom stereocenters. The van der Waals surface area contributed by atoms with Gasteiger partial charge < -0.3 is 5.11 Å². The van der Waals surface area contributed by atoms with Crippen molar-refractivity contribution in [1.82, 2.24) is 0 Å². The molecule has 0 aliphatic heterocycles. The van der Waals surface area contributed by atoms with Crippen LogP contribution in [0.2, 0.25) is 5.02 Å². The van der Waals surface area contributed by atoms with Crippen LogP contribution in [-0.2, 0) is 12.8 Å². The third-order valence-corrected chi connectivity index (χ3v) is 3.22. The quantitative estimate of drug-likeness (QED) is 0.896. The summed E-state index contributed by atoms with van der Waals surface area (Å²) in [6, 6.07) is 13.7. The Morgan fingerprint density at radius 2 is 1.68 bits per heavy atom. The predicted octanol–water partition coefficient (Wildman–Crippen LogP) is 4.02. The van der Waals surface area contributed by atoms with Crippen LogP contribution in [-0.4, -0.2) is 10.7 Å². The van der Waals surface area contributed by atoms with Crippen LogP contribution < -0.4 is 0 Å². The summed E-state index contributed by atoms with van der Waals surface area (Å²) in [5.41, 5.74) is 0.881. The molecule has 0 aliphatic carbocycles. The van der Waals surface area contributed by atoms with Crippen molar-refractivity contribution in [2.45, 2.75) is 25.4 Å². The fraction of sp³-hybridized carbons (Fsp3) is 0.250. The van der Waals surface area contributed by atoms with Gasteiger partial charge in [0.05, 0.1) is 5.60 Å². The van der Waals surface area contributed by atoms with E-state index in [9.17, 15) is 9.50 Å². The van der Waals surface area contributed by atoms with Crippen molar-refractivity contribution in [3.63, 3.8) is 0 Å². The SMILES string of the molecule is CC(O)(Cc1ccc(Cl)cc1)Cc1cccc(F)c1. The average Bonchev–Trinajstić information content (AvgIpc) is 2.31. The van der Waals surface area contributed by atoms with E-state index in [1.54, 1.807) is 25.1 Å². The van der Waals surface area contributed by atoms with Gasteiger partial charge >= 0.3 is 0 Å². The minimum absolute atomic E-state index is 0.278. The molecular formula is C16H16ClFO. The molecule has 0 bridgehead atoms. The first-order valence-electron chi connectivity index (χ1n) is 6.16. The van der Waals surface area contributed by atoms with Crippen molar-refractivity contribution in [3.05, 3.63) is 70.5 Å². The monoisotopic (exact) mass is 278 g/mol. The third kappa shape index (κ3) is 4.34. The maximum Gasteiger partial charge on any atom is 0.123 e. The molecule has 2 aromatic carbocycles. The molecule has 1 atom stereocenters. The van der Waals surface area contributed by atoms with Crippen LogP contribution in [0.25, 0.3) is 0 Å². The maximum absolute atomic E-state index is 13.1. The fourth-order valence-electron chi connectivity index (χ4n) is 2.19. The highest BCUT2D eigenvalue weighted by atomic mass is 35.5. The van der Waals surface area contributed by atoms with Crippen LogP contribution in [0.5, 0.6) is 0 Å². The second-order valence-electron chi connectivity index (χ2n) is 5.11. The van der Waals surface area contributed by atoms with E-state index in [2.05, 4.69) is 0 Å². The van der Waals surface area contributed by atoms with Crippen molar-refractivity contribution in [2.75, 3.05) is 0 Å². The fourth-order valence-corrected chi connectivity index (χ4v) is 2.32. The first-order valence-corrected chi connectivity index (χ1v) is 6.54. The molecule has 0 aromatic heterocycles. The van der Waals surface area contributed by atoms with Crippen LogP contribution in [0.15, 0.2) is 48.5 Å². The summed E-state index contributed by atoms with van der Waals surface area (Å²) in [5, 5.41) is 11.1. The van der Waals surface area contributed by atoms with Gasteiger partial charge in [-0.3, -0.25) is 0 Å². The van der Waals surface area contributed by atoms with E-state index in [1.165, 1.54) is 12.1 Å². The van der Waals surface area contributed by atoms with Crippen LogP contribution in [0.1, 0.15) is 18.1 Å². The first-order chi connectivity index (χ1) is 8.94. The highest BCUT2D eigenvalue weighted by Gasteiger charge is 2.21. The molecule has 1 nitrogen and oxygen atoms in total. The lowest BCUT2D eigenvalue weighted by Gasteiger charge is -2.23. The number of hydrogen-bond donors (Lipinski definition) is 1. The van der Waals surface area contributed by atoms with Crippen LogP contribution in [0, 0.1) is 5.82 Å². The second kappa shape index (κ2) is 5.72. The zero-order valence-corrected chi connectivity index (χ0v) is 11.5. The van der Waals surface area contributed by atoms with Crippen LogP contribution in [0.3, 0.4) is 0 Å². The van der Waals surface area contributed by atoms with Crippen molar-refractivity contribution in [3.8, 4) is 0 Å². The summed E-state index contributed by atoms with van der Waals surface area (Å²) in [5.74, 6) is -0.278. The zero-order chi connectivity index (χ0) is 13.9. The van der Waals surface area contributed by atoms with Crippen molar-refractivity contribution in [2.24, 2.45) is 0 Å². The zero-order valence-electron chi connectivity index (χ0n) is 10.7. The third-order valence-electron chi connectivity index (χ3n) is 2.97. The van der Waals surface area contributed by atoms with Gasteiger partial charge in [-0.15, -0.1) is 0 Å². The van der Waals surface area contributed by atoms with Gasteiger partial charge in [0.25, 0.3) is 0 Å². The highest BCUT2D eigenvalue weighted by Crippen LogP contribution is 2.20.